The number of halogens is 3. The highest BCUT2D eigenvalue weighted by Crippen LogP contribution is 2.44. The summed E-state index contributed by atoms with van der Waals surface area (Å²) in [6, 6.07) is 7.38. The van der Waals surface area contributed by atoms with Gasteiger partial charge in [0, 0.05) is 6.07 Å². The third kappa shape index (κ3) is 3.41. The van der Waals surface area contributed by atoms with E-state index in [4.69, 9.17) is 9.15 Å². The number of carbonyl (C=O) groups excluding carboxylic acids is 2. The number of methoxy groups -OCH3 is 1. The Bertz CT molecular complexity index is 1280. The second-order valence-corrected chi connectivity index (χ2v) is 7.06. The lowest BCUT2D eigenvalue weighted by Crippen LogP contribution is -2.30. The van der Waals surface area contributed by atoms with Crippen molar-refractivity contribution in [2.24, 2.45) is 0 Å². The maximum atomic E-state index is 14.6. The minimum absolute atomic E-state index is 0.0393. The number of nitrogens with zero attached hydrogens (tertiary/aromatic N) is 1. The summed E-state index contributed by atoms with van der Waals surface area (Å²) in [7, 11) is 1.28. The largest absolute Gasteiger partial charge is 0.507 e. The number of hydrogen-bond acceptors (Lipinski definition) is 5. The van der Waals surface area contributed by atoms with Crippen LogP contribution in [-0.2, 0) is 9.59 Å². The summed E-state index contributed by atoms with van der Waals surface area (Å²) in [5.41, 5.74) is -1.03. The molecule has 1 fully saturated rings. The van der Waals surface area contributed by atoms with E-state index >= 15 is 0 Å². The average molecular weight is 443 g/mol. The van der Waals surface area contributed by atoms with E-state index in [2.05, 4.69) is 0 Å². The minimum atomic E-state index is -1.39. The molecule has 0 aliphatic carbocycles. The molecule has 6 nitrogen and oxygen atoms in total. The Kier molecular flexibility index (Phi) is 5.25. The van der Waals surface area contributed by atoms with Gasteiger partial charge in [0.15, 0.2) is 0 Å². The van der Waals surface area contributed by atoms with Crippen LogP contribution < -0.4 is 9.64 Å². The van der Waals surface area contributed by atoms with Crippen LogP contribution in [-0.4, -0.2) is 23.9 Å². The number of aliphatic hydroxyl groups excluding tert-OH is 1. The van der Waals surface area contributed by atoms with Crippen LogP contribution in [0, 0.1) is 24.4 Å². The van der Waals surface area contributed by atoms with Crippen molar-refractivity contribution in [2.45, 2.75) is 13.0 Å². The first-order chi connectivity index (χ1) is 15.2. The molecule has 0 saturated carbocycles. The van der Waals surface area contributed by atoms with Crippen LogP contribution in [0.4, 0.5) is 18.9 Å². The number of hydrogen-bond donors (Lipinski definition) is 1. The SMILES string of the molecule is COc1ccc(F)cc1/C(O)=C1/C(=O)C(=O)N(c2ccc(F)cc2F)C1c1ccc(C)o1. The van der Waals surface area contributed by atoms with Crippen molar-refractivity contribution in [3.05, 3.63) is 88.6 Å². The molecule has 0 spiro atoms. The van der Waals surface area contributed by atoms with E-state index in [0.717, 1.165) is 29.2 Å². The molecule has 3 aromatic rings. The number of benzene rings is 2. The van der Waals surface area contributed by atoms with Crippen LogP contribution in [0.15, 0.2) is 58.5 Å². The van der Waals surface area contributed by atoms with Crippen LogP contribution in [0.1, 0.15) is 23.1 Å². The first-order valence-corrected chi connectivity index (χ1v) is 9.39. The lowest BCUT2D eigenvalue weighted by atomic mass is 9.98. The maximum Gasteiger partial charge on any atom is 0.300 e. The Labute approximate surface area is 180 Å². The molecule has 4 rings (SSSR count). The quantitative estimate of drug-likeness (QED) is 0.361. The zero-order valence-corrected chi connectivity index (χ0v) is 16.9. The van der Waals surface area contributed by atoms with Gasteiger partial charge in [0.2, 0.25) is 0 Å². The number of aliphatic hydroxyl groups is 1. The molecule has 9 heteroatoms. The van der Waals surface area contributed by atoms with Crippen molar-refractivity contribution < 1.29 is 37.0 Å². The molecule has 32 heavy (non-hydrogen) atoms. The van der Waals surface area contributed by atoms with Gasteiger partial charge in [-0.25, -0.2) is 13.2 Å². The molecule has 0 bridgehead atoms. The van der Waals surface area contributed by atoms with E-state index in [0.29, 0.717) is 11.8 Å². The molecular formula is C23H16F3NO5. The number of ether oxygens (including phenoxy) is 1. The number of aryl methyl sites for hydroxylation is 1. The van der Waals surface area contributed by atoms with Gasteiger partial charge in [0.25, 0.3) is 11.7 Å². The van der Waals surface area contributed by atoms with Crippen LogP contribution in [0.25, 0.3) is 5.76 Å². The van der Waals surface area contributed by atoms with Gasteiger partial charge >= 0.3 is 0 Å². The van der Waals surface area contributed by atoms with Crippen molar-refractivity contribution >= 4 is 23.1 Å². The van der Waals surface area contributed by atoms with E-state index in [-0.39, 0.29) is 17.1 Å². The second kappa shape index (κ2) is 7.92. The molecular weight excluding hydrogens is 427 g/mol. The highest BCUT2D eigenvalue weighted by atomic mass is 19.1. The smallest absolute Gasteiger partial charge is 0.300 e. The summed E-state index contributed by atoms with van der Waals surface area (Å²) in [5.74, 6) is -5.25. The molecule has 1 atom stereocenters. The van der Waals surface area contributed by atoms with Gasteiger partial charge in [-0.3, -0.25) is 14.5 Å². The van der Waals surface area contributed by atoms with Crippen LogP contribution in [0.2, 0.25) is 0 Å². The summed E-state index contributed by atoms with van der Waals surface area (Å²) in [6.45, 7) is 1.61. The lowest BCUT2D eigenvalue weighted by molar-refractivity contribution is -0.132. The minimum Gasteiger partial charge on any atom is -0.507 e. The first kappa shape index (κ1) is 21.2. The molecule has 1 amide bonds. The van der Waals surface area contributed by atoms with Crippen LogP contribution >= 0.6 is 0 Å². The third-order valence-corrected chi connectivity index (χ3v) is 5.06. The van der Waals surface area contributed by atoms with Gasteiger partial charge in [-0.05, 0) is 49.4 Å². The number of amides is 1. The van der Waals surface area contributed by atoms with E-state index in [1.807, 2.05) is 0 Å². The van der Waals surface area contributed by atoms with Crippen molar-refractivity contribution in [1.29, 1.82) is 0 Å². The Balaban J connectivity index is 2.00. The van der Waals surface area contributed by atoms with Crippen molar-refractivity contribution in [3.8, 4) is 5.75 Å². The molecule has 1 aliphatic rings. The molecule has 1 saturated heterocycles. The maximum absolute atomic E-state index is 14.6. The van der Waals surface area contributed by atoms with E-state index < -0.39 is 52.2 Å². The van der Waals surface area contributed by atoms with Crippen LogP contribution in [0.3, 0.4) is 0 Å². The fourth-order valence-electron chi connectivity index (χ4n) is 3.64. The van der Waals surface area contributed by atoms with E-state index in [1.165, 1.54) is 19.2 Å². The zero-order valence-electron chi connectivity index (χ0n) is 16.9. The number of furan rings is 1. The lowest BCUT2D eigenvalue weighted by Gasteiger charge is -2.24. The van der Waals surface area contributed by atoms with Gasteiger partial charge in [-0.15, -0.1) is 0 Å². The number of anilines is 1. The Morgan fingerprint density at radius 2 is 1.72 bits per heavy atom. The average Bonchev–Trinajstić information content (AvgIpc) is 3.29. The molecule has 164 valence electrons. The fraction of sp³-hybridized carbons (Fsp3) is 0.130. The summed E-state index contributed by atoms with van der Waals surface area (Å²) in [6.07, 6.45) is 0. The van der Waals surface area contributed by atoms with E-state index in [1.54, 1.807) is 13.0 Å². The van der Waals surface area contributed by atoms with Crippen LogP contribution in [0.5, 0.6) is 5.75 Å². The second-order valence-electron chi connectivity index (χ2n) is 7.06. The van der Waals surface area contributed by atoms with Gasteiger partial charge in [0.1, 0.15) is 46.5 Å². The fourth-order valence-corrected chi connectivity index (χ4v) is 3.64. The highest BCUT2D eigenvalue weighted by molar-refractivity contribution is 6.51. The summed E-state index contributed by atoms with van der Waals surface area (Å²) < 4.78 is 52.7. The number of rotatable bonds is 4. The molecule has 2 aromatic carbocycles. The Hall–Kier alpha value is -4.01. The zero-order chi connectivity index (χ0) is 23.2. The van der Waals surface area contributed by atoms with E-state index in [9.17, 15) is 27.9 Å². The first-order valence-electron chi connectivity index (χ1n) is 9.39. The molecule has 0 radical (unpaired) electrons. The molecule has 1 N–H and O–H groups in total. The summed E-state index contributed by atoms with van der Waals surface area (Å²) in [5, 5.41) is 11.0. The monoisotopic (exact) mass is 443 g/mol. The number of carbonyl (C=O) groups is 2. The van der Waals surface area contributed by atoms with Gasteiger partial charge in [0.05, 0.1) is 23.9 Å². The van der Waals surface area contributed by atoms with Gasteiger partial charge in [-0.1, -0.05) is 0 Å². The Morgan fingerprint density at radius 3 is 2.34 bits per heavy atom. The standard InChI is InChI=1S/C23H16F3NO5/c1-11-3-7-18(32-11)20-19(21(28)14-9-12(24)5-8-17(14)31-2)22(29)23(30)27(20)16-6-4-13(25)10-15(16)26/h3-10,20,28H,1-2H3/b21-19-. The highest BCUT2D eigenvalue weighted by Gasteiger charge is 2.49. The normalized spacial score (nSPS) is 17.8. The molecule has 1 aliphatic heterocycles. The number of Topliss-reactive ketones (excluding diaryl/α,β-unsaturated/α-hetero) is 1. The van der Waals surface area contributed by atoms with Crippen molar-refractivity contribution in [1.82, 2.24) is 0 Å². The molecule has 1 aromatic heterocycles. The number of ketones is 1. The molecule has 1 unspecified atom stereocenters. The molecule has 2 heterocycles. The summed E-state index contributed by atoms with van der Waals surface area (Å²) in [4.78, 5) is 26.7. The predicted molar refractivity (Wildman–Crippen MR) is 108 cm³/mol. The van der Waals surface area contributed by atoms with Crippen molar-refractivity contribution in [3.63, 3.8) is 0 Å². The van der Waals surface area contributed by atoms with Gasteiger partial charge < -0.3 is 14.3 Å². The van der Waals surface area contributed by atoms with Crippen molar-refractivity contribution in [2.75, 3.05) is 12.0 Å². The third-order valence-electron chi connectivity index (χ3n) is 5.06. The predicted octanol–water partition coefficient (Wildman–Crippen LogP) is 4.64. The topological polar surface area (TPSA) is 80.0 Å². The Morgan fingerprint density at radius 1 is 1.03 bits per heavy atom. The summed E-state index contributed by atoms with van der Waals surface area (Å²) >= 11 is 0. The van der Waals surface area contributed by atoms with Gasteiger partial charge in [-0.2, -0.15) is 0 Å².